The molecule has 0 aliphatic carbocycles. The second-order valence-electron chi connectivity index (χ2n) is 1.81. The molecule has 0 radical (unpaired) electrons. The number of carboxylic acid groups (broad SMARTS) is 1. The number of carbonyl (C=O) groups is 2. The monoisotopic (exact) mass is 178 g/mol. The lowest BCUT2D eigenvalue weighted by atomic mass is 10.5. The van der Waals surface area contributed by atoms with Gasteiger partial charge in [0.2, 0.25) is 0 Å². The summed E-state index contributed by atoms with van der Waals surface area (Å²) in [5.74, 6) is -1.62. The summed E-state index contributed by atoms with van der Waals surface area (Å²) < 4.78 is 2.93. The van der Waals surface area contributed by atoms with E-state index in [4.69, 9.17) is 16.9 Å². The first-order valence-electron chi connectivity index (χ1n) is 2.69. The molecule has 6 heteroatoms. The van der Waals surface area contributed by atoms with Gasteiger partial charge < -0.3 is 10.0 Å². The van der Waals surface area contributed by atoms with Crippen LogP contribution in [0.1, 0.15) is 0 Å². The SMILES string of the molecule is CN(CC(=O)O)C(=O)/C=N/Cl. The Labute approximate surface area is 68.4 Å². The van der Waals surface area contributed by atoms with Gasteiger partial charge >= 0.3 is 5.97 Å². The van der Waals surface area contributed by atoms with Gasteiger partial charge in [-0.1, -0.05) is 0 Å². The number of amides is 1. The summed E-state index contributed by atoms with van der Waals surface area (Å²) >= 11 is 4.85. The van der Waals surface area contributed by atoms with E-state index < -0.39 is 11.9 Å². The maximum absolute atomic E-state index is 10.7. The average molecular weight is 179 g/mol. The van der Waals surface area contributed by atoms with Crippen molar-refractivity contribution in [1.29, 1.82) is 0 Å². The predicted molar refractivity (Wildman–Crippen MR) is 39.6 cm³/mol. The number of halogens is 1. The number of aliphatic carboxylic acids is 1. The van der Waals surface area contributed by atoms with Crippen LogP contribution in [0.4, 0.5) is 0 Å². The molecule has 0 fully saturated rings. The zero-order valence-electron chi connectivity index (χ0n) is 5.82. The Balaban J connectivity index is 3.92. The van der Waals surface area contributed by atoms with Gasteiger partial charge in [-0.2, -0.15) is 4.51 Å². The van der Waals surface area contributed by atoms with E-state index in [9.17, 15) is 9.59 Å². The van der Waals surface area contributed by atoms with Crippen LogP contribution < -0.4 is 0 Å². The molecule has 0 unspecified atom stereocenters. The molecule has 0 aliphatic rings. The van der Waals surface area contributed by atoms with Crippen LogP contribution in [0.3, 0.4) is 0 Å². The number of carbonyl (C=O) groups excluding carboxylic acids is 1. The van der Waals surface area contributed by atoms with Gasteiger partial charge in [0.1, 0.15) is 12.8 Å². The molecule has 0 aromatic rings. The van der Waals surface area contributed by atoms with Crippen molar-refractivity contribution in [3.05, 3.63) is 0 Å². The molecular formula is C5H7ClN2O3. The Hall–Kier alpha value is -1.10. The van der Waals surface area contributed by atoms with Gasteiger partial charge in [0.25, 0.3) is 5.91 Å². The summed E-state index contributed by atoms with van der Waals surface area (Å²) in [6.45, 7) is -0.359. The highest BCUT2D eigenvalue weighted by atomic mass is 35.5. The zero-order chi connectivity index (χ0) is 8.85. The Morgan fingerprint density at radius 2 is 2.27 bits per heavy atom. The quantitative estimate of drug-likeness (QED) is 0.606. The second-order valence-corrected chi connectivity index (χ2v) is 2.01. The van der Waals surface area contributed by atoms with Gasteiger partial charge in [0, 0.05) is 18.8 Å². The van der Waals surface area contributed by atoms with Gasteiger partial charge in [-0.05, 0) is 0 Å². The first-order chi connectivity index (χ1) is 5.07. The van der Waals surface area contributed by atoms with Gasteiger partial charge in [0.15, 0.2) is 0 Å². The van der Waals surface area contributed by atoms with E-state index in [0.29, 0.717) is 0 Å². The summed E-state index contributed by atoms with van der Waals surface area (Å²) in [6.07, 6.45) is 0.838. The largest absolute Gasteiger partial charge is 0.480 e. The fourth-order valence-electron chi connectivity index (χ4n) is 0.421. The highest BCUT2D eigenvalue weighted by Gasteiger charge is 2.08. The number of hydrogen-bond acceptors (Lipinski definition) is 3. The molecule has 0 saturated heterocycles. The lowest BCUT2D eigenvalue weighted by Crippen LogP contribution is -2.32. The summed E-state index contributed by atoms with van der Waals surface area (Å²) in [5, 5.41) is 8.23. The van der Waals surface area contributed by atoms with E-state index in [1.807, 2.05) is 0 Å². The van der Waals surface area contributed by atoms with E-state index in [1.54, 1.807) is 0 Å². The van der Waals surface area contributed by atoms with Crippen molar-refractivity contribution in [1.82, 2.24) is 4.90 Å². The van der Waals surface area contributed by atoms with Crippen molar-refractivity contribution in [3.8, 4) is 0 Å². The van der Waals surface area contributed by atoms with Gasteiger partial charge in [-0.15, -0.1) is 0 Å². The van der Waals surface area contributed by atoms with Crippen LogP contribution in [0.5, 0.6) is 0 Å². The molecule has 0 spiro atoms. The van der Waals surface area contributed by atoms with Crippen LogP contribution in [-0.4, -0.2) is 41.7 Å². The minimum absolute atomic E-state index is 0.359. The number of rotatable bonds is 3. The highest BCUT2D eigenvalue weighted by Crippen LogP contribution is 1.83. The first-order valence-corrected chi connectivity index (χ1v) is 3.03. The van der Waals surface area contributed by atoms with E-state index in [-0.39, 0.29) is 6.54 Å². The minimum atomic E-state index is -1.08. The van der Waals surface area contributed by atoms with Crippen LogP contribution in [0.15, 0.2) is 4.51 Å². The first kappa shape index (κ1) is 9.90. The molecule has 62 valence electrons. The maximum Gasteiger partial charge on any atom is 0.323 e. The Morgan fingerprint density at radius 1 is 1.73 bits per heavy atom. The maximum atomic E-state index is 10.7. The van der Waals surface area contributed by atoms with Crippen molar-refractivity contribution in [2.75, 3.05) is 13.6 Å². The van der Waals surface area contributed by atoms with E-state index in [1.165, 1.54) is 7.05 Å². The van der Waals surface area contributed by atoms with Crippen LogP contribution in [-0.2, 0) is 9.59 Å². The third-order valence-corrected chi connectivity index (χ3v) is 1.01. The molecule has 0 rings (SSSR count). The third-order valence-electron chi connectivity index (χ3n) is 0.908. The third kappa shape index (κ3) is 4.32. The molecule has 1 N–H and O–H groups in total. The Morgan fingerprint density at radius 3 is 2.64 bits per heavy atom. The van der Waals surface area contributed by atoms with E-state index in [0.717, 1.165) is 11.1 Å². The summed E-state index contributed by atoms with van der Waals surface area (Å²) in [5.41, 5.74) is 0. The Bertz CT molecular complexity index is 192. The second kappa shape index (κ2) is 4.68. The molecule has 11 heavy (non-hydrogen) atoms. The molecule has 0 atom stereocenters. The topological polar surface area (TPSA) is 70.0 Å². The van der Waals surface area contributed by atoms with E-state index in [2.05, 4.69) is 4.51 Å². The number of likely N-dealkylation sites (N-methyl/N-ethyl adjacent to an activating group) is 1. The zero-order valence-corrected chi connectivity index (χ0v) is 6.58. The fraction of sp³-hybridized carbons (Fsp3) is 0.400. The number of nitrogens with zero attached hydrogens (tertiary/aromatic N) is 2. The molecule has 1 amide bonds. The van der Waals surface area contributed by atoms with Crippen molar-refractivity contribution >= 4 is 29.9 Å². The summed E-state index contributed by atoms with van der Waals surface area (Å²) in [6, 6.07) is 0. The highest BCUT2D eigenvalue weighted by molar-refractivity contribution is 6.32. The lowest BCUT2D eigenvalue weighted by Gasteiger charge is -2.09. The predicted octanol–water partition coefficient (Wildman–Crippen LogP) is -0.246. The number of hydrogen-bond donors (Lipinski definition) is 1. The molecule has 0 aromatic heterocycles. The molecule has 5 nitrogen and oxygen atoms in total. The fourth-order valence-corrected chi connectivity index (χ4v) is 0.505. The van der Waals surface area contributed by atoms with Crippen molar-refractivity contribution in [3.63, 3.8) is 0 Å². The molecule has 0 aromatic carbocycles. The number of carboxylic acids is 1. The van der Waals surface area contributed by atoms with Crippen LogP contribution in [0, 0.1) is 0 Å². The van der Waals surface area contributed by atoms with E-state index >= 15 is 0 Å². The van der Waals surface area contributed by atoms with Crippen LogP contribution in [0.2, 0.25) is 0 Å². The summed E-state index contributed by atoms with van der Waals surface area (Å²) in [4.78, 5) is 21.7. The molecule has 0 saturated carbocycles. The van der Waals surface area contributed by atoms with Gasteiger partial charge in [-0.3, -0.25) is 9.59 Å². The molecule has 0 heterocycles. The molecule has 0 aliphatic heterocycles. The standard InChI is InChI=1S/C5H7ClN2O3/c1-8(3-5(10)11)4(9)2-7-6/h2H,3H2,1H3,(H,10,11)/b7-2+. The molecule has 0 bridgehead atoms. The molecular weight excluding hydrogens is 172 g/mol. The average Bonchev–Trinajstić information content (AvgIpc) is 1.86. The van der Waals surface area contributed by atoms with Crippen molar-refractivity contribution < 1.29 is 14.7 Å². The Kier molecular flexibility index (Phi) is 4.21. The normalized spacial score (nSPS) is 10.0. The summed E-state index contributed by atoms with van der Waals surface area (Å²) in [7, 11) is 1.34. The smallest absolute Gasteiger partial charge is 0.323 e. The van der Waals surface area contributed by atoms with Crippen molar-refractivity contribution in [2.45, 2.75) is 0 Å². The van der Waals surface area contributed by atoms with Crippen LogP contribution in [0.25, 0.3) is 0 Å². The van der Waals surface area contributed by atoms with Crippen LogP contribution >= 0.6 is 11.8 Å². The van der Waals surface area contributed by atoms with Crippen molar-refractivity contribution in [2.24, 2.45) is 4.51 Å². The minimum Gasteiger partial charge on any atom is -0.480 e. The van der Waals surface area contributed by atoms with Gasteiger partial charge in [-0.25, -0.2) is 0 Å². The lowest BCUT2D eigenvalue weighted by molar-refractivity contribution is -0.141. The van der Waals surface area contributed by atoms with Gasteiger partial charge in [0.05, 0.1) is 0 Å².